The van der Waals surface area contributed by atoms with Crippen molar-refractivity contribution in [1.29, 1.82) is 0 Å². The minimum Gasteiger partial charge on any atom is -0.328 e. The lowest BCUT2D eigenvalue weighted by Gasteiger charge is -1.99. The van der Waals surface area contributed by atoms with Crippen LogP contribution in [0.2, 0.25) is 0 Å². The largest absolute Gasteiger partial charge is 0.328 e. The average Bonchev–Trinajstić information content (AvgIpc) is 2.53. The number of aromatic nitrogens is 2. The molecule has 0 aliphatic carbocycles. The highest BCUT2D eigenvalue weighted by atomic mass is 15.0. The number of rotatable bonds is 1. The van der Waals surface area contributed by atoms with Crippen molar-refractivity contribution in [1.82, 2.24) is 9.55 Å². The third-order valence-corrected chi connectivity index (χ3v) is 2.50. The van der Waals surface area contributed by atoms with Gasteiger partial charge in [0.25, 0.3) is 0 Å². The molecule has 1 heterocycles. The van der Waals surface area contributed by atoms with E-state index in [1.807, 2.05) is 26.8 Å². The Labute approximate surface area is 85.3 Å². The molecule has 14 heavy (non-hydrogen) atoms. The first-order valence-corrected chi connectivity index (χ1v) is 4.94. The summed E-state index contributed by atoms with van der Waals surface area (Å²) in [5.41, 5.74) is 1.21. The monoisotopic (exact) mass is 190 g/mol. The van der Waals surface area contributed by atoms with Crippen LogP contribution in [0.3, 0.4) is 0 Å². The maximum absolute atomic E-state index is 4.58. The zero-order chi connectivity index (χ0) is 10.7. The van der Waals surface area contributed by atoms with Crippen molar-refractivity contribution in [2.45, 2.75) is 27.7 Å². The smallest absolute Gasteiger partial charge is 0.136 e. The average molecular weight is 190 g/mol. The van der Waals surface area contributed by atoms with Crippen LogP contribution in [0.1, 0.15) is 33.5 Å². The number of hydrogen-bond acceptors (Lipinski definition) is 1. The van der Waals surface area contributed by atoms with Crippen molar-refractivity contribution in [2.24, 2.45) is 7.05 Å². The Kier molecular flexibility index (Phi) is 3.28. The van der Waals surface area contributed by atoms with Crippen LogP contribution in [0.15, 0.2) is 6.08 Å². The van der Waals surface area contributed by atoms with Gasteiger partial charge < -0.3 is 4.57 Å². The summed E-state index contributed by atoms with van der Waals surface area (Å²) < 4.78 is 2.13. The standard InChI is InChI=1S/C12H18N2/c1-6-9(4)12-13-10(7-2)11(8-3)14(12)5/h6-8H,1-5H3/b9-6+,10-7+,11-8+. The molecule has 0 saturated heterocycles. The summed E-state index contributed by atoms with van der Waals surface area (Å²) in [6.45, 7) is 8.18. The quantitative estimate of drug-likeness (QED) is 0.655. The minimum atomic E-state index is 1.05. The van der Waals surface area contributed by atoms with Gasteiger partial charge in [-0.05, 0) is 33.3 Å². The fourth-order valence-corrected chi connectivity index (χ4v) is 1.57. The summed E-state index contributed by atoms with van der Waals surface area (Å²) in [4.78, 5) is 4.58. The van der Waals surface area contributed by atoms with Crippen molar-refractivity contribution in [3.63, 3.8) is 0 Å². The molecule has 0 amide bonds. The minimum absolute atomic E-state index is 1.05. The first kappa shape index (κ1) is 10.8. The Morgan fingerprint density at radius 2 is 1.86 bits per heavy atom. The first-order chi connectivity index (χ1) is 6.65. The molecule has 0 N–H and O–H groups in total. The highest BCUT2D eigenvalue weighted by Crippen LogP contribution is 2.05. The number of nitrogens with zero attached hydrogens (tertiary/aromatic N) is 2. The fraction of sp³-hybridized carbons (Fsp3) is 0.417. The van der Waals surface area contributed by atoms with E-state index in [0.717, 1.165) is 11.2 Å². The van der Waals surface area contributed by atoms with Gasteiger partial charge in [-0.1, -0.05) is 18.2 Å². The van der Waals surface area contributed by atoms with Crippen LogP contribution in [0.25, 0.3) is 17.7 Å². The van der Waals surface area contributed by atoms with Gasteiger partial charge in [0.2, 0.25) is 0 Å². The predicted molar refractivity (Wildman–Crippen MR) is 62.1 cm³/mol. The summed E-state index contributed by atoms with van der Waals surface area (Å²) in [6.07, 6.45) is 6.22. The lowest BCUT2D eigenvalue weighted by molar-refractivity contribution is 0.859. The van der Waals surface area contributed by atoms with Crippen LogP contribution >= 0.6 is 0 Å². The first-order valence-electron chi connectivity index (χ1n) is 4.94. The Morgan fingerprint density at radius 3 is 2.21 bits per heavy atom. The molecule has 0 aromatic carbocycles. The van der Waals surface area contributed by atoms with E-state index in [4.69, 9.17) is 0 Å². The van der Waals surface area contributed by atoms with Gasteiger partial charge in [-0.3, -0.25) is 0 Å². The third-order valence-electron chi connectivity index (χ3n) is 2.50. The van der Waals surface area contributed by atoms with Crippen LogP contribution in [0.4, 0.5) is 0 Å². The Balaban J connectivity index is 3.61. The second-order valence-electron chi connectivity index (χ2n) is 3.31. The van der Waals surface area contributed by atoms with Crippen molar-refractivity contribution >= 4 is 17.7 Å². The molecule has 0 aliphatic rings. The van der Waals surface area contributed by atoms with Gasteiger partial charge in [0.05, 0.1) is 10.7 Å². The van der Waals surface area contributed by atoms with Gasteiger partial charge >= 0.3 is 0 Å². The van der Waals surface area contributed by atoms with Gasteiger partial charge in [0, 0.05) is 7.05 Å². The van der Waals surface area contributed by atoms with Crippen LogP contribution in [-0.4, -0.2) is 9.55 Å². The van der Waals surface area contributed by atoms with Crippen LogP contribution < -0.4 is 10.7 Å². The molecule has 0 atom stereocenters. The lowest BCUT2D eigenvalue weighted by Crippen LogP contribution is -2.28. The molecule has 76 valence electrons. The number of imidazole rings is 1. The zero-order valence-corrected chi connectivity index (χ0v) is 9.63. The molecule has 0 spiro atoms. The van der Waals surface area contributed by atoms with Gasteiger partial charge in [0.15, 0.2) is 0 Å². The van der Waals surface area contributed by atoms with E-state index in [9.17, 15) is 0 Å². The molecule has 2 nitrogen and oxygen atoms in total. The predicted octanol–water partition coefficient (Wildman–Crippen LogP) is 1.44. The Hall–Kier alpha value is -1.31. The van der Waals surface area contributed by atoms with E-state index >= 15 is 0 Å². The highest BCUT2D eigenvalue weighted by Gasteiger charge is 2.03. The van der Waals surface area contributed by atoms with Crippen LogP contribution in [-0.2, 0) is 7.05 Å². The molecule has 2 heteroatoms. The van der Waals surface area contributed by atoms with E-state index in [1.54, 1.807) is 0 Å². The van der Waals surface area contributed by atoms with Gasteiger partial charge in [0.1, 0.15) is 5.82 Å². The molecule has 1 rings (SSSR count). The Morgan fingerprint density at radius 1 is 1.21 bits per heavy atom. The van der Waals surface area contributed by atoms with Crippen LogP contribution in [0, 0.1) is 0 Å². The molecule has 1 aromatic heterocycles. The van der Waals surface area contributed by atoms with Crippen molar-refractivity contribution < 1.29 is 0 Å². The molecular weight excluding hydrogens is 172 g/mol. The molecule has 1 aromatic rings. The van der Waals surface area contributed by atoms with Crippen molar-refractivity contribution in [3.8, 4) is 0 Å². The van der Waals surface area contributed by atoms with E-state index in [0.29, 0.717) is 0 Å². The molecule has 0 unspecified atom stereocenters. The second-order valence-corrected chi connectivity index (χ2v) is 3.31. The zero-order valence-electron chi connectivity index (χ0n) is 9.63. The van der Waals surface area contributed by atoms with E-state index in [-0.39, 0.29) is 0 Å². The topological polar surface area (TPSA) is 17.8 Å². The van der Waals surface area contributed by atoms with E-state index in [2.05, 4.69) is 35.7 Å². The van der Waals surface area contributed by atoms with Crippen LogP contribution in [0.5, 0.6) is 0 Å². The van der Waals surface area contributed by atoms with Gasteiger partial charge in [-0.15, -0.1) is 0 Å². The SMILES string of the molecule is C/C=C(\C)c1nc(=C/C)/c(=C\C)n1C. The third kappa shape index (κ3) is 1.65. The molecule has 0 fully saturated rings. The summed E-state index contributed by atoms with van der Waals surface area (Å²) in [6, 6.07) is 0. The Bertz CT molecular complexity index is 461. The van der Waals surface area contributed by atoms with Gasteiger partial charge in [-0.25, -0.2) is 4.98 Å². The summed E-state index contributed by atoms with van der Waals surface area (Å²) in [5.74, 6) is 1.05. The number of hydrogen-bond donors (Lipinski definition) is 0. The maximum Gasteiger partial charge on any atom is 0.136 e. The maximum atomic E-state index is 4.58. The summed E-state index contributed by atoms with van der Waals surface area (Å²) in [7, 11) is 2.05. The summed E-state index contributed by atoms with van der Waals surface area (Å²) in [5, 5.41) is 2.25. The molecule has 0 radical (unpaired) electrons. The molecular formula is C12H18N2. The van der Waals surface area contributed by atoms with E-state index < -0.39 is 0 Å². The summed E-state index contributed by atoms with van der Waals surface area (Å²) >= 11 is 0. The number of allylic oxidation sites excluding steroid dienone is 2. The second kappa shape index (κ2) is 4.27. The van der Waals surface area contributed by atoms with E-state index in [1.165, 1.54) is 10.9 Å². The fourth-order valence-electron chi connectivity index (χ4n) is 1.57. The molecule has 0 saturated carbocycles. The van der Waals surface area contributed by atoms with Crippen molar-refractivity contribution in [2.75, 3.05) is 0 Å². The highest BCUT2D eigenvalue weighted by molar-refractivity contribution is 5.57. The normalized spacial score (nSPS) is 15.4. The molecule has 0 bridgehead atoms. The van der Waals surface area contributed by atoms with Crippen molar-refractivity contribution in [3.05, 3.63) is 22.6 Å². The van der Waals surface area contributed by atoms with Gasteiger partial charge in [-0.2, -0.15) is 0 Å². The molecule has 0 aliphatic heterocycles. The lowest BCUT2D eigenvalue weighted by atomic mass is 10.3.